The quantitative estimate of drug-likeness (QED) is 0.126. The Kier molecular flexibility index (Phi) is 13.7. The summed E-state index contributed by atoms with van der Waals surface area (Å²) in [5, 5.41) is 8.39. The van der Waals surface area contributed by atoms with Gasteiger partial charge in [-0.1, -0.05) is 182 Å². The maximum absolute atomic E-state index is 4.76. The van der Waals surface area contributed by atoms with Crippen LogP contribution in [0.3, 0.4) is 0 Å². The van der Waals surface area contributed by atoms with E-state index in [-0.39, 0.29) is 13.1 Å². The zero-order chi connectivity index (χ0) is 28.5. The molecule has 206 valence electrons. The Bertz CT molecular complexity index is 1200. The van der Waals surface area contributed by atoms with Crippen molar-refractivity contribution in [1.82, 2.24) is 0 Å². The van der Waals surface area contributed by atoms with E-state index >= 15 is 0 Å². The van der Waals surface area contributed by atoms with Crippen LogP contribution in [-0.2, 0) is 13.1 Å². The van der Waals surface area contributed by atoms with Crippen molar-refractivity contribution in [3.05, 3.63) is 182 Å². The summed E-state index contributed by atoms with van der Waals surface area (Å²) < 4.78 is 0. The van der Waals surface area contributed by atoms with E-state index in [9.17, 15) is 0 Å². The van der Waals surface area contributed by atoms with Gasteiger partial charge < -0.3 is 0 Å². The van der Waals surface area contributed by atoms with Gasteiger partial charge in [0.1, 0.15) is 0 Å². The largest absolute Gasteiger partial charge is 0.0622 e. The van der Waals surface area contributed by atoms with Gasteiger partial charge in [-0.2, -0.15) is 0 Å². The molecule has 0 nitrogen and oxygen atoms in total. The number of rotatable bonds is 6. The molecule has 0 aromatic heterocycles. The standard InChI is InChI=1S/2C18H15P.2ClH.Fe/c2*1-4-10-16(11-5-1)19(17-12-6-2-7-13-17)18-14-8-3-9-15-18;;;/h2*1-15H;2*1H;/q;;;;+2/p-2. The molecule has 0 heterocycles. The van der Waals surface area contributed by atoms with Gasteiger partial charge in [-0.3, -0.25) is 0 Å². The van der Waals surface area contributed by atoms with E-state index in [2.05, 4.69) is 182 Å². The molecule has 0 aliphatic heterocycles. The van der Waals surface area contributed by atoms with Crippen molar-refractivity contribution >= 4 is 67.9 Å². The average molecular weight is 651 g/mol. The summed E-state index contributed by atoms with van der Waals surface area (Å²) in [6, 6.07) is 64.7. The molecule has 6 rings (SSSR count). The molecular weight excluding hydrogens is 621 g/mol. The molecule has 0 atom stereocenters. The number of hydrogen-bond donors (Lipinski definition) is 0. The summed E-state index contributed by atoms with van der Waals surface area (Å²) in [4.78, 5) is 0. The van der Waals surface area contributed by atoms with E-state index < -0.39 is 15.8 Å². The number of halogens is 2. The van der Waals surface area contributed by atoms with Crippen LogP contribution in [0.15, 0.2) is 182 Å². The van der Waals surface area contributed by atoms with Crippen LogP contribution >= 0.6 is 36.0 Å². The van der Waals surface area contributed by atoms with Crippen molar-refractivity contribution in [3.63, 3.8) is 0 Å². The van der Waals surface area contributed by atoms with E-state index in [0.717, 1.165) is 0 Å². The van der Waals surface area contributed by atoms with Gasteiger partial charge >= 0.3 is 33.3 Å². The van der Waals surface area contributed by atoms with Crippen LogP contribution in [0, 0.1) is 0 Å². The molecule has 41 heavy (non-hydrogen) atoms. The van der Waals surface area contributed by atoms with Crippen molar-refractivity contribution in [1.29, 1.82) is 0 Å². The molecule has 6 aromatic carbocycles. The Morgan fingerprint density at radius 2 is 0.390 bits per heavy atom. The monoisotopic (exact) mass is 650 g/mol. The minimum atomic E-state index is -0.446. The smallest absolute Gasteiger partial charge is 0.0134 e. The van der Waals surface area contributed by atoms with Crippen LogP contribution in [0.25, 0.3) is 0 Å². The summed E-state index contributed by atoms with van der Waals surface area (Å²) in [6.07, 6.45) is 0. The minimum absolute atomic E-state index is 0.194. The molecule has 6 aromatic rings. The van der Waals surface area contributed by atoms with Gasteiger partial charge in [-0.25, -0.2) is 0 Å². The molecule has 0 unspecified atom stereocenters. The van der Waals surface area contributed by atoms with E-state index in [1.165, 1.54) is 31.8 Å². The second-order valence-electron chi connectivity index (χ2n) is 8.73. The van der Waals surface area contributed by atoms with Crippen molar-refractivity contribution in [3.8, 4) is 0 Å². The normalized spacial score (nSPS) is 10.3. The van der Waals surface area contributed by atoms with Crippen LogP contribution < -0.4 is 31.8 Å². The molecule has 0 aliphatic carbocycles. The molecule has 0 saturated heterocycles. The number of benzene rings is 6. The first-order valence-electron chi connectivity index (χ1n) is 13.1. The van der Waals surface area contributed by atoms with E-state index in [4.69, 9.17) is 20.2 Å². The molecule has 0 spiro atoms. The summed E-state index contributed by atoms with van der Waals surface area (Å²) in [7, 11) is 8.64. The molecule has 0 N–H and O–H groups in total. The van der Waals surface area contributed by atoms with Crippen molar-refractivity contribution in [2.24, 2.45) is 0 Å². The third-order valence-electron chi connectivity index (χ3n) is 6.09. The predicted octanol–water partition coefficient (Wildman–Crippen LogP) is 8.27. The first kappa shape index (κ1) is 31.2. The van der Waals surface area contributed by atoms with Gasteiger partial charge in [0.2, 0.25) is 0 Å². The summed E-state index contributed by atoms with van der Waals surface area (Å²) in [5.74, 6) is 0. The zero-order valence-corrected chi connectivity index (χ0v) is 26.7. The minimum Gasteiger partial charge on any atom is -0.0622 e. The second kappa shape index (κ2) is 18.0. The SMILES string of the molecule is [Cl][Fe][Cl].c1ccc(P(c2ccccc2)c2ccccc2)cc1.c1ccc(P(c2ccccc2)c2ccccc2)cc1. The summed E-state index contributed by atoms with van der Waals surface area (Å²) >= 11 is 0.194. The van der Waals surface area contributed by atoms with Crippen LogP contribution in [0.5, 0.6) is 0 Å². The summed E-state index contributed by atoms with van der Waals surface area (Å²) in [5.41, 5.74) is 0. The predicted molar refractivity (Wildman–Crippen MR) is 182 cm³/mol. The molecule has 0 radical (unpaired) electrons. The Morgan fingerprint density at radius 1 is 0.268 bits per heavy atom. The van der Waals surface area contributed by atoms with Gasteiger partial charge in [0, 0.05) is 0 Å². The van der Waals surface area contributed by atoms with Crippen LogP contribution in [0.4, 0.5) is 0 Å². The molecule has 0 aliphatic rings. The van der Waals surface area contributed by atoms with Crippen LogP contribution in [-0.4, -0.2) is 0 Å². The van der Waals surface area contributed by atoms with Gasteiger partial charge in [-0.15, -0.1) is 0 Å². The second-order valence-corrected chi connectivity index (χ2v) is 15.0. The fourth-order valence-corrected chi connectivity index (χ4v) is 8.97. The van der Waals surface area contributed by atoms with Crippen LogP contribution in [0.2, 0.25) is 0 Å². The maximum Gasteiger partial charge on any atom is -0.0134 e. The fourth-order valence-electron chi connectivity index (χ4n) is 4.36. The maximum atomic E-state index is 4.76. The van der Waals surface area contributed by atoms with Gasteiger partial charge in [-0.05, 0) is 47.7 Å². The van der Waals surface area contributed by atoms with Crippen molar-refractivity contribution in [2.75, 3.05) is 0 Å². The summed E-state index contributed by atoms with van der Waals surface area (Å²) in [6.45, 7) is 0. The molecule has 0 fully saturated rings. The Balaban J connectivity index is 0.000000173. The Morgan fingerprint density at radius 3 is 0.512 bits per heavy atom. The van der Waals surface area contributed by atoms with Gasteiger partial charge in [0.25, 0.3) is 0 Å². The molecular formula is C36H30Cl2FeP2. The zero-order valence-electron chi connectivity index (χ0n) is 22.3. The van der Waals surface area contributed by atoms with Crippen molar-refractivity contribution in [2.45, 2.75) is 0 Å². The molecule has 5 heteroatoms. The Hall–Kier alpha value is -2.72. The molecule has 0 amide bonds. The first-order valence-corrected chi connectivity index (χ1v) is 18.8. The number of hydrogen-bond acceptors (Lipinski definition) is 0. The Labute approximate surface area is 261 Å². The average Bonchev–Trinajstić information content (AvgIpc) is 3.05. The van der Waals surface area contributed by atoms with Gasteiger partial charge in [0.15, 0.2) is 0 Å². The topological polar surface area (TPSA) is 0 Å². The van der Waals surface area contributed by atoms with E-state index in [1.54, 1.807) is 0 Å². The fraction of sp³-hybridized carbons (Fsp3) is 0. The van der Waals surface area contributed by atoms with Crippen LogP contribution in [0.1, 0.15) is 0 Å². The van der Waals surface area contributed by atoms with E-state index in [0.29, 0.717) is 0 Å². The molecule has 0 saturated carbocycles. The third-order valence-corrected chi connectivity index (χ3v) is 11.0. The molecule has 0 bridgehead atoms. The van der Waals surface area contributed by atoms with Gasteiger partial charge in [0.05, 0.1) is 0 Å². The third kappa shape index (κ3) is 9.67. The first-order chi connectivity index (χ1) is 20.3. The van der Waals surface area contributed by atoms with E-state index in [1.807, 2.05) is 0 Å². The van der Waals surface area contributed by atoms with Crippen molar-refractivity contribution < 1.29 is 13.1 Å².